The fourth-order valence-corrected chi connectivity index (χ4v) is 4.34. The first-order valence-corrected chi connectivity index (χ1v) is 10.6. The molecule has 0 N–H and O–H groups in total. The molecule has 6 aromatic rings. The van der Waals surface area contributed by atoms with Gasteiger partial charge in [0.15, 0.2) is 0 Å². The lowest BCUT2D eigenvalue weighted by Crippen LogP contribution is -1.96. The van der Waals surface area contributed by atoms with Gasteiger partial charge >= 0.3 is 0 Å². The van der Waals surface area contributed by atoms with Crippen LogP contribution in [0, 0.1) is 0 Å². The Morgan fingerprint density at radius 3 is 1.81 bits per heavy atom. The Labute approximate surface area is 186 Å². The second-order valence-electron chi connectivity index (χ2n) is 7.74. The standard InChI is InChI=1S/C29H19N3/c1-2-9-21-19-26-22(18-20(21)8-1)10-5-11-23(26)24-12-6-16-31-28(24)29-25(13-7-17-32-29)27-14-3-4-15-30-27/h1-19H. The minimum absolute atomic E-state index is 0.833. The van der Waals surface area contributed by atoms with E-state index in [1.165, 1.54) is 21.5 Å². The maximum Gasteiger partial charge on any atom is 0.0986 e. The normalized spacial score (nSPS) is 11.1. The van der Waals surface area contributed by atoms with E-state index in [1.54, 1.807) is 6.20 Å². The van der Waals surface area contributed by atoms with Gasteiger partial charge in [0, 0.05) is 29.7 Å². The van der Waals surface area contributed by atoms with Crippen molar-refractivity contribution in [2.75, 3.05) is 0 Å². The summed E-state index contributed by atoms with van der Waals surface area (Å²) in [5, 5.41) is 4.88. The lowest BCUT2D eigenvalue weighted by molar-refractivity contribution is 1.23. The molecule has 3 nitrogen and oxygen atoms in total. The topological polar surface area (TPSA) is 38.7 Å². The molecule has 0 saturated carbocycles. The van der Waals surface area contributed by atoms with Gasteiger partial charge < -0.3 is 0 Å². The largest absolute Gasteiger partial charge is 0.256 e. The Balaban J connectivity index is 1.62. The van der Waals surface area contributed by atoms with E-state index in [0.29, 0.717) is 0 Å². The molecule has 0 aliphatic rings. The van der Waals surface area contributed by atoms with E-state index >= 15 is 0 Å². The summed E-state index contributed by atoms with van der Waals surface area (Å²) in [6, 6.07) is 33.5. The predicted molar refractivity (Wildman–Crippen MR) is 131 cm³/mol. The quantitative estimate of drug-likeness (QED) is 0.291. The van der Waals surface area contributed by atoms with Crippen LogP contribution in [-0.2, 0) is 0 Å². The van der Waals surface area contributed by atoms with Crippen LogP contribution in [0.25, 0.3) is 55.3 Å². The average molecular weight is 409 g/mol. The highest BCUT2D eigenvalue weighted by atomic mass is 14.8. The van der Waals surface area contributed by atoms with Gasteiger partial charge in [-0.3, -0.25) is 15.0 Å². The van der Waals surface area contributed by atoms with E-state index in [1.807, 2.05) is 42.7 Å². The van der Waals surface area contributed by atoms with Crippen molar-refractivity contribution in [2.45, 2.75) is 0 Å². The molecule has 0 unspecified atom stereocenters. The van der Waals surface area contributed by atoms with Crippen molar-refractivity contribution >= 4 is 21.5 Å². The third-order valence-electron chi connectivity index (χ3n) is 5.82. The summed E-state index contributed by atoms with van der Waals surface area (Å²) in [5.74, 6) is 0. The van der Waals surface area contributed by atoms with Crippen LogP contribution in [0.5, 0.6) is 0 Å². The zero-order valence-electron chi connectivity index (χ0n) is 17.3. The molecule has 3 heteroatoms. The van der Waals surface area contributed by atoms with Crippen molar-refractivity contribution in [3.63, 3.8) is 0 Å². The third kappa shape index (κ3) is 3.12. The van der Waals surface area contributed by atoms with Gasteiger partial charge in [-0.05, 0) is 69.6 Å². The molecule has 0 fully saturated rings. The van der Waals surface area contributed by atoms with Crippen LogP contribution in [0.3, 0.4) is 0 Å². The van der Waals surface area contributed by atoms with E-state index in [-0.39, 0.29) is 0 Å². The van der Waals surface area contributed by atoms with Crippen LogP contribution in [-0.4, -0.2) is 15.0 Å². The molecule has 0 saturated heterocycles. The number of nitrogens with zero attached hydrogens (tertiary/aromatic N) is 3. The first-order valence-electron chi connectivity index (χ1n) is 10.6. The van der Waals surface area contributed by atoms with Gasteiger partial charge in [0.2, 0.25) is 0 Å². The van der Waals surface area contributed by atoms with Crippen molar-refractivity contribution in [3.05, 3.63) is 116 Å². The van der Waals surface area contributed by atoms with Gasteiger partial charge in [0.05, 0.1) is 17.1 Å². The van der Waals surface area contributed by atoms with Gasteiger partial charge in [-0.2, -0.15) is 0 Å². The Morgan fingerprint density at radius 2 is 1.03 bits per heavy atom. The molecule has 6 rings (SSSR count). The Morgan fingerprint density at radius 1 is 0.406 bits per heavy atom. The van der Waals surface area contributed by atoms with Gasteiger partial charge in [-0.1, -0.05) is 54.6 Å². The zero-order valence-corrected chi connectivity index (χ0v) is 17.3. The van der Waals surface area contributed by atoms with Crippen molar-refractivity contribution < 1.29 is 0 Å². The van der Waals surface area contributed by atoms with Crippen molar-refractivity contribution in [3.8, 4) is 33.8 Å². The monoisotopic (exact) mass is 409 g/mol. The predicted octanol–water partition coefficient (Wildman–Crippen LogP) is 7.18. The minimum atomic E-state index is 0.833. The van der Waals surface area contributed by atoms with Crippen molar-refractivity contribution in [2.24, 2.45) is 0 Å². The van der Waals surface area contributed by atoms with Gasteiger partial charge in [-0.15, -0.1) is 0 Å². The number of pyridine rings is 3. The second kappa shape index (κ2) is 7.71. The van der Waals surface area contributed by atoms with E-state index < -0.39 is 0 Å². The number of benzene rings is 3. The molecule has 0 atom stereocenters. The molecule has 0 spiro atoms. The molecule has 0 radical (unpaired) electrons. The van der Waals surface area contributed by atoms with E-state index in [0.717, 1.165) is 33.8 Å². The highest BCUT2D eigenvalue weighted by Gasteiger charge is 2.17. The molecule has 3 heterocycles. The van der Waals surface area contributed by atoms with E-state index in [4.69, 9.17) is 9.97 Å². The smallest absolute Gasteiger partial charge is 0.0986 e. The molecule has 0 aliphatic carbocycles. The average Bonchev–Trinajstić information content (AvgIpc) is 2.88. The summed E-state index contributed by atoms with van der Waals surface area (Å²) in [7, 11) is 0. The third-order valence-corrected chi connectivity index (χ3v) is 5.82. The summed E-state index contributed by atoms with van der Waals surface area (Å²) >= 11 is 0. The molecule has 150 valence electrons. The highest BCUT2D eigenvalue weighted by molar-refractivity contribution is 6.06. The van der Waals surface area contributed by atoms with Gasteiger partial charge in [0.25, 0.3) is 0 Å². The van der Waals surface area contributed by atoms with Crippen LogP contribution in [0.15, 0.2) is 116 Å². The molecule has 0 aliphatic heterocycles. The van der Waals surface area contributed by atoms with Crippen LogP contribution in [0.1, 0.15) is 0 Å². The summed E-state index contributed by atoms with van der Waals surface area (Å²) in [5.41, 5.74) is 5.75. The first kappa shape index (κ1) is 18.4. The summed E-state index contributed by atoms with van der Waals surface area (Å²) in [6.07, 6.45) is 5.45. The van der Waals surface area contributed by atoms with Gasteiger partial charge in [-0.25, -0.2) is 0 Å². The Hall–Kier alpha value is -4.37. The van der Waals surface area contributed by atoms with E-state index in [9.17, 15) is 0 Å². The number of rotatable bonds is 3. The lowest BCUT2D eigenvalue weighted by atomic mass is 9.93. The SMILES string of the molecule is c1ccc(-c2cccnc2-c2ncccc2-c2cccc3cc4ccccc4cc23)nc1. The van der Waals surface area contributed by atoms with Crippen molar-refractivity contribution in [1.82, 2.24) is 15.0 Å². The van der Waals surface area contributed by atoms with Crippen molar-refractivity contribution in [1.29, 1.82) is 0 Å². The molecule has 0 amide bonds. The number of hydrogen-bond acceptors (Lipinski definition) is 3. The van der Waals surface area contributed by atoms with E-state index in [2.05, 4.69) is 71.7 Å². The molecule has 3 aromatic carbocycles. The fraction of sp³-hybridized carbons (Fsp3) is 0. The lowest BCUT2D eigenvalue weighted by Gasteiger charge is -2.14. The van der Waals surface area contributed by atoms with Gasteiger partial charge in [0.1, 0.15) is 0 Å². The zero-order chi connectivity index (χ0) is 21.3. The summed E-state index contributed by atoms with van der Waals surface area (Å²) < 4.78 is 0. The van der Waals surface area contributed by atoms with Crippen LogP contribution in [0.4, 0.5) is 0 Å². The Kier molecular flexibility index (Phi) is 4.43. The molecule has 3 aromatic heterocycles. The number of aromatic nitrogens is 3. The summed E-state index contributed by atoms with van der Waals surface area (Å²) in [4.78, 5) is 14.1. The Bertz CT molecular complexity index is 1570. The maximum atomic E-state index is 4.79. The fourth-order valence-electron chi connectivity index (χ4n) is 4.34. The number of fused-ring (bicyclic) bond motifs is 2. The van der Waals surface area contributed by atoms with Crippen LogP contribution in [0.2, 0.25) is 0 Å². The molecule has 32 heavy (non-hydrogen) atoms. The molecular weight excluding hydrogens is 390 g/mol. The molecule has 0 bridgehead atoms. The minimum Gasteiger partial charge on any atom is -0.256 e. The number of hydrogen-bond donors (Lipinski definition) is 0. The maximum absolute atomic E-state index is 4.79. The molecular formula is C29H19N3. The highest BCUT2D eigenvalue weighted by Crippen LogP contribution is 2.38. The van der Waals surface area contributed by atoms with Crippen LogP contribution >= 0.6 is 0 Å². The summed E-state index contributed by atoms with van der Waals surface area (Å²) in [6.45, 7) is 0. The first-order chi connectivity index (χ1) is 15.9. The van der Waals surface area contributed by atoms with Crippen LogP contribution < -0.4 is 0 Å². The second-order valence-corrected chi connectivity index (χ2v) is 7.74.